The smallest absolute Gasteiger partial charge is 0.292 e. The van der Waals surface area contributed by atoms with Crippen LogP contribution in [0.4, 0.5) is 11.4 Å². The maximum atomic E-state index is 12.2. The first-order valence-corrected chi connectivity index (χ1v) is 7.07. The molecule has 5 nitrogen and oxygen atoms in total. The van der Waals surface area contributed by atoms with E-state index >= 15 is 0 Å². The molecule has 0 atom stereocenters. The van der Waals surface area contributed by atoms with Crippen LogP contribution in [0.1, 0.15) is 15.9 Å². The number of aryl methyl sites for hydroxylation is 1. The van der Waals surface area contributed by atoms with Gasteiger partial charge in [0.2, 0.25) is 0 Å². The minimum absolute atomic E-state index is 0.154. The van der Waals surface area contributed by atoms with Crippen LogP contribution in [-0.4, -0.2) is 10.8 Å². The number of hydrogen-bond donors (Lipinski definition) is 1. The third-order valence-corrected chi connectivity index (χ3v) is 3.66. The van der Waals surface area contributed by atoms with Gasteiger partial charge >= 0.3 is 0 Å². The monoisotopic (exact) mass is 368 g/mol. The van der Waals surface area contributed by atoms with Gasteiger partial charge in [0.15, 0.2) is 0 Å². The van der Waals surface area contributed by atoms with E-state index in [-0.39, 0.29) is 11.4 Å². The maximum Gasteiger partial charge on any atom is 0.292 e. The second-order valence-electron chi connectivity index (χ2n) is 4.36. The molecule has 0 fully saturated rings. The highest BCUT2D eigenvalue weighted by molar-refractivity contribution is 9.10. The number of nitrogens with one attached hydrogen (secondary N) is 1. The van der Waals surface area contributed by atoms with Gasteiger partial charge in [-0.3, -0.25) is 14.9 Å². The number of anilines is 1. The Bertz CT molecular complexity index is 734. The fourth-order valence-corrected chi connectivity index (χ4v) is 2.64. The summed E-state index contributed by atoms with van der Waals surface area (Å²) in [5.41, 5.74) is 1.16. The van der Waals surface area contributed by atoms with Gasteiger partial charge in [-0.2, -0.15) is 0 Å². The number of carbonyl (C=O) groups excluding carboxylic acids is 1. The Morgan fingerprint density at radius 2 is 2.00 bits per heavy atom. The van der Waals surface area contributed by atoms with E-state index in [1.54, 1.807) is 37.3 Å². The minimum atomic E-state index is -0.536. The average molecular weight is 370 g/mol. The van der Waals surface area contributed by atoms with E-state index in [9.17, 15) is 14.9 Å². The summed E-state index contributed by atoms with van der Waals surface area (Å²) in [6.45, 7) is 1.79. The molecular formula is C14H10BrClN2O3. The van der Waals surface area contributed by atoms with E-state index in [0.29, 0.717) is 15.1 Å². The lowest BCUT2D eigenvalue weighted by Crippen LogP contribution is -2.13. The summed E-state index contributed by atoms with van der Waals surface area (Å²) in [4.78, 5) is 22.7. The van der Waals surface area contributed by atoms with Crippen molar-refractivity contribution in [2.75, 3.05) is 5.32 Å². The Hall–Kier alpha value is -1.92. The van der Waals surface area contributed by atoms with Gasteiger partial charge in [-0.05, 0) is 52.7 Å². The molecule has 1 amide bonds. The van der Waals surface area contributed by atoms with E-state index in [1.807, 2.05) is 0 Å². The average Bonchev–Trinajstić information content (AvgIpc) is 2.37. The Labute approximate surface area is 134 Å². The fourth-order valence-electron chi connectivity index (χ4n) is 1.77. The van der Waals surface area contributed by atoms with E-state index in [2.05, 4.69) is 21.2 Å². The van der Waals surface area contributed by atoms with E-state index in [1.165, 1.54) is 6.07 Å². The zero-order chi connectivity index (χ0) is 15.6. The van der Waals surface area contributed by atoms with Crippen LogP contribution in [0.3, 0.4) is 0 Å². The van der Waals surface area contributed by atoms with Crippen molar-refractivity contribution in [2.24, 2.45) is 0 Å². The molecule has 0 saturated carbocycles. The van der Waals surface area contributed by atoms with Crippen LogP contribution in [-0.2, 0) is 0 Å². The van der Waals surface area contributed by atoms with Crippen molar-refractivity contribution in [1.29, 1.82) is 0 Å². The van der Waals surface area contributed by atoms with Gasteiger partial charge in [-0.25, -0.2) is 0 Å². The number of hydrogen-bond acceptors (Lipinski definition) is 3. The molecular weight excluding hydrogens is 360 g/mol. The van der Waals surface area contributed by atoms with Gasteiger partial charge in [0.25, 0.3) is 11.6 Å². The third-order valence-electron chi connectivity index (χ3n) is 2.77. The molecule has 0 unspecified atom stereocenters. The number of halogens is 2. The molecule has 0 aromatic heterocycles. The van der Waals surface area contributed by atoms with Crippen molar-refractivity contribution in [1.82, 2.24) is 0 Å². The highest BCUT2D eigenvalue weighted by Gasteiger charge is 2.18. The highest BCUT2D eigenvalue weighted by Crippen LogP contribution is 2.27. The summed E-state index contributed by atoms with van der Waals surface area (Å²) in [5, 5.41) is 14.0. The van der Waals surface area contributed by atoms with E-state index in [0.717, 1.165) is 5.56 Å². The summed E-state index contributed by atoms with van der Waals surface area (Å²) in [7, 11) is 0. The predicted octanol–water partition coefficient (Wildman–Crippen LogP) is 4.57. The summed E-state index contributed by atoms with van der Waals surface area (Å²) in [6, 6.07) is 9.24. The molecule has 1 N–H and O–H groups in total. The number of benzene rings is 2. The molecule has 108 valence electrons. The lowest BCUT2D eigenvalue weighted by Gasteiger charge is -2.08. The van der Waals surface area contributed by atoms with Crippen LogP contribution in [0.2, 0.25) is 5.02 Å². The summed E-state index contributed by atoms with van der Waals surface area (Å²) >= 11 is 9.06. The zero-order valence-corrected chi connectivity index (χ0v) is 13.2. The molecule has 2 rings (SSSR count). The normalized spacial score (nSPS) is 10.2. The molecule has 0 heterocycles. The lowest BCUT2D eigenvalue weighted by atomic mass is 10.1. The molecule has 7 heteroatoms. The largest absolute Gasteiger partial charge is 0.316 e. The van der Waals surface area contributed by atoms with Crippen molar-refractivity contribution < 1.29 is 9.72 Å². The standard InChI is InChI=1S/C14H10BrClN2O3/c1-8-2-5-13(18(20)21)12(6-8)17-14(19)10-4-3-9(16)7-11(10)15/h2-7H,1H3,(H,17,19). The molecule has 21 heavy (non-hydrogen) atoms. The van der Waals surface area contributed by atoms with Gasteiger partial charge < -0.3 is 5.32 Å². The molecule has 0 spiro atoms. The molecule has 2 aromatic rings. The number of carbonyl (C=O) groups is 1. The number of nitro benzene ring substituents is 1. The van der Waals surface area contributed by atoms with Crippen molar-refractivity contribution in [3.63, 3.8) is 0 Å². The van der Waals surface area contributed by atoms with Crippen LogP contribution in [0.5, 0.6) is 0 Å². The second-order valence-corrected chi connectivity index (χ2v) is 5.65. The molecule has 0 saturated heterocycles. The van der Waals surface area contributed by atoms with Gasteiger partial charge in [0.1, 0.15) is 5.69 Å². The highest BCUT2D eigenvalue weighted by atomic mass is 79.9. The van der Waals surface area contributed by atoms with Crippen LogP contribution < -0.4 is 5.32 Å². The van der Waals surface area contributed by atoms with Crippen LogP contribution >= 0.6 is 27.5 Å². The van der Waals surface area contributed by atoms with E-state index in [4.69, 9.17) is 11.6 Å². The molecule has 0 radical (unpaired) electrons. The first kappa shape index (κ1) is 15.5. The number of nitrogens with zero attached hydrogens (tertiary/aromatic N) is 1. The third kappa shape index (κ3) is 3.59. The Morgan fingerprint density at radius 3 is 2.62 bits per heavy atom. The van der Waals surface area contributed by atoms with Crippen molar-refractivity contribution in [3.8, 4) is 0 Å². The van der Waals surface area contributed by atoms with E-state index < -0.39 is 10.8 Å². The molecule has 0 aliphatic rings. The van der Waals surface area contributed by atoms with Crippen molar-refractivity contribution in [2.45, 2.75) is 6.92 Å². The van der Waals surface area contributed by atoms with Crippen LogP contribution in [0, 0.1) is 17.0 Å². The Morgan fingerprint density at radius 1 is 1.29 bits per heavy atom. The number of amides is 1. The number of nitro groups is 1. The molecule has 2 aromatic carbocycles. The minimum Gasteiger partial charge on any atom is -0.316 e. The number of rotatable bonds is 3. The Kier molecular flexibility index (Phi) is 4.59. The zero-order valence-electron chi connectivity index (χ0n) is 10.9. The first-order valence-electron chi connectivity index (χ1n) is 5.90. The van der Waals surface area contributed by atoms with Crippen molar-refractivity contribution in [3.05, 3.63) is 67.1 Å². The van der Waals surface area contributed by atoms with Crippen LogP contribution in [0.25, 0.3) is 0 Å². The predicted molar refractivity (Wildman–Crippen MR) is 84.9 cm³/mol. The topological polar surface area (TPSA) is 72.2 Å². The van der Waals surface area contributed by atoms with Crippen molar-refractivity contribution >= 4 is 44.8 Å². The van der Waals surface area contributed by atoms with Gasteiger partial charge in [0.05, 0.1) is 10.5 Å². The quantitative estimate of drug-likeness (QED) is 0.636. The molecule has 0 aliphatic heterocycles. The first-order chi connectivity index (χ1) is 9.88. The lowest BCUT2D eigenvalue weighted by molar-refractivity contribution is -0.383. The Balaban J connectivity index is 2.35. The van der Waals surface area contributed by atoms with Gasteiger partial charge in [0, 0.05) is 15.6 Å². The SMILES string of the molecule is Cc1ccc([N+](=O)[O-])c(NC(=O)c2ccc(Cl)cc2Br)c1. The van der Waals surface area contributed by atoms with Gasteiger partial charge in [-0.1, -0.05) is 17.7 Å². The molecule has 0 aliphatic carbocycles. The van der Waals surface area contributed by atoms with Crippen LogP contribution in [0.15, 0.2) is 40.9 Å². The molecule has 0 bridgehead atoms. The summed E-state index contributed by atoms with van der Waals surface area (Å²) in [6.07, 6.45) is 0. The second kappa shape index (κ2) is 6.24. The maximum absolute atomic E-state index is 12.2. The summed E-state index contributed by atoms with van der Waals surface area (Å²) < 4.78 is 0.516. The fraction of sp³-hybridized carbons (Fsp3) is 0.0714. The summed E-state index contributed by atoms with van der Waals surface area (Å²) in [5.74, 6) is -0.452. The van der Waals surface area contributed by atoms with Gasteiger partial charge in [-0.15, -0.1) is 0 Å².